The minimum absolute atomic E-state index is 0.0203. The lowest BCUT2D eigenvalue weighted by atomic mass is 9.91. The molecule has 0 aromatic heterocycles. The highest BCUT2D eigenvalue weighted by atomic mass is 16.5. The van der Waals surface area contributed by atoms with E-state index in [-0.39, 0.29) is 17.9 Å². The molecule has 21 heavy (non-hydrogen) atoms. The third-order valence-electron chi connectivity index (χ3n) is 5.06. The van der Waals surface area contributed by atoms with Crippen LogP contribution in [0.5, 0.6) is 5.75 Å². The summed E-state index contributed by atoms with van der Waals surface area (Å²) in [6.07, 6.45) is 3.34. The van der Waals surface area contributed by atoms with Gasteiger partial charge in [0.2, 0.25) is 5.91 Å². The van der Waals surface area contributed by atoms with Crippen molar-refractivity contribution in [3.8, 4) is 5.75 Å². The lowest BCUT2D eigenvalue weighted by Gasteiger charge is -2.24. The quantitative estimate of drug-likeness (QED) is 0.893. The summed E-state index contributed by atoms with van der Waals surface area (Å²) in [7, 11) is 1.66. The third kappa shape index (κ3) is 2.91. The van der Waals surface area contributed by atoms with Crippen molar-refractivity contribution in [2.24, 2.45) is 11.3 Å². The number of piperidine rings is 1. The summed E-state index contributed by atoms with van der Waals surface area (Å²) < 4.78 is 5.24. The summed E-state index contributed by atoms with van der Waals surface area (Å²) in [4.78, 5) is 12.5. The number of hydrogen-bond donors (Lipinski definition) is 2. The highest BCUT2D eigenvalue weighted by Crippen LogP contribution is 2.58. The van der Waals surface area contributed by atoms with Crippen molar-refractivity contribution >= 4 is 5.91 Å². The number of ether oxygens (including phenoxy) is 1. The summed E-state index contributed by atoms with van der Waals surface area (Å²) in [5, 5.41) is 6.54. The average Bonchev–Trinajstić information content (AvgIpc) is 3.21. The molecular formula is C17H24N2O2. The largest absolute Gasteiger partial charge is 0.497 e. The van der Waals surface area contributed by atoms with Crippen LogP contribution in [0.4, 0.5) is 0 Å². The van der Waals surface area contributed by atoms with Crippen LogP contribution in [0.25, 0.3) is 0 Å². The number of rotatable bonds is 4. The topological polar surface area (TPSA) is 50.4 Å². The molecule has 2 aliphatic rings. The Labute approximate surface area is 126 Å². The minimum Gasteiger partial charge on any atom is -0.497 e. The molecule has 4 nitrogen and oxygen atoms in total. The molecule has 2 atom stereocenters. The fraction of sp³-hybridized carbons (Fsp3) is 0.588. The van der Waals surface area contributed by atoms with Crippen LogP contribution in [0, 0.1) is 11.3 Å². The smallest absolute Gasteiger partial charge is 0.224 e. The van der Waals surface area contributed by atoms with E-state index in [2.05, 4.69) is 10.6 Å². The molecule has 114 valence electrons. The highest BCUT2D eigenvalue weighted by Gasteiger charge is 2.57. The van der Waals surface area contributed by atoms with Crippen molar-refractivity contribution in [2.75, 3.05) is 20.2 Å². The van der Waals surface area contributed by atoms with Gasteiger partial charge in [-0.1, -0.05) is 12.1 Å². The Balaban J connectivity index is 1.60. The van der Waals surface area contributed by atoms with E-state index in [9.17, 15) is 4.79 Å². The molecule has 1 aliphatic heterocycles. The van der Waals surface area contributed by atoms with Crippen molar-refractivity contribution in [1.29, 1.82) is 0 Å². The molecular weight excluding hydrogens is 264 g/mol. The van der Waals surface area contributed by atoms with Crippen LogP contribution in [-0.2, 0) is 4.79 Å². The second kappa shape index (κ2) is 5.68. The summed E-state index contributed by atoms with van der Waals surface area (Å²) in [5.41, 5.74) is 1.38. The van der Waals surface area contributed by atoms with E-state index in [4.69, 9.17) is 4.74 Å². The van der Waals surface area contributed by atoms with Crippen LogP contribution in [0.3, 0.4) is 0 Å². The lowest BCUT2D eigenvalue weighted by molar-refractivity contribution is -0.123. The number of carbonyl (C=O) groups is 1. The highest BCUT2D eigenvalue weighted by molar-refractivity contribution is 5.83. The van der Waals surface area contributed by atoms with Crippen LogP contribution in [0.15, 0.2) is 24.3 Å². The van der Waals surface area contributed by atoms with Gasteiger partial charge in [-0.2, -0.15) is 0 Å². The van der Waals surface area contributed by atoms with E-state index in [1.54, 1.807) is 7.11 Å². The van der Waals surface area contributed by atoms with Crippen LogP contribution in [0.2, 0.25) is 0 Å². The Kier molecular flexibility index (Phi) is 3.89. The number of benzene rings is 1. The van der Waals surface area contributed by atoms with Gasteiger partial charge in [-0.25, -0.2) is 0 Å². The molecule has 1 unspecified atom stereocenters. The normalized spacial score (nSPS) is 24.4. The van der Waals surface area contributed by atoms with E-state index >= 15 is 0 Å². The standard InChI is InChI=1S/C17H24N2O2/c1-12(13-4-3-5-14(10-13)21-2)19-16(20)15-11-17(15)6-8-18-9-7-17/h3-5,10,12,15,18H,6-9,11H2,1-2H3,(H,19,20)/t12-,15?/m1/s1. The van der Waals surface area contributed by atoms with E-state index in [1.165, 1.54) is 0 Å². The summed E-state index contributed by atoms with van der Waals surface area (Å²) >= 11 is 0. The van der Waals surface area contributed by atoms with Gasteiger partial charge in [0.15, 0.2) is 0 Å². The first kappa shape index (κ1) is 14.4. The van der Waals surface area contributed by atoms with Gasteiger partial charge in [0.25, 0.3) is 0 Å². The SMILES string of the molecule is COc1cccc([C@@H](C)NC(=O)C2CC23CCNCC3)c1. The van der Waals surface area contributed by atoms with Gasteiger partial charge >= 0.3 is 0 Å². The Morgan fingerprint density at radius 2 is 2.19 bits per heavy atom. The fourth-order valence-electron chi connectivity index (χ4n) is 3.50. The molecule has 1 saturated carbocycles. The van der Waals surface area contributed by atoms with E-state index in [1.807, 2.05) is 31.2 Å². The number of amides is 1. The molecule has 2 N–H and O–H groups in total. The van der Waals surface area contributed by atoms with Gasteiger partial charge < -0.3 is 15.4 Å². The van der Waals surface area contributed by atoms with Crippen LogP contribution < -0.4 is 15.4 Å². The zero-order chi connectivity index (χ0) is 14.9. The van der Waals surface area contributed by atoms with Gasteiger partial charge in [0, 0.05) is 5.92 Å². The minimum atomic E-state index is 0.0203. The van der Waals surface area contributed by atoms with E-state index < -0.39 is 0 Å². The number of nitrogens with one attached hydrogen (secondary N) is 2. The van der Waals surface area contributed by atoms with Gasteiger partial charge in [-0.05, 0) is 62.4 Å². The second-order valence-corrected chi connectivity index (χ2v) is 6.38. The molecule has 0 radical (unpaired) electrons. The lowest BCUT2D eigenvalue weighted by Crippen LogP contribution is -2.34. The molecule has 1 saturated heterocycles. The fourth-order valence-corrected chi connectivity index (χ4v) is 3.50. The summed E-state index contributed by atoms with van der Waals surface area (Å²) in [6, 6.07) is 7.91. The molecule has 1 amide bonds. The van der Waals surface area contributed by atoms with Crippen LogP contribution in [-0.4, -0.2) is 26.1 Å². The Morgan fingerprint density at radius 1 is 1.43 bits per heavy atom. The predicted octanol–water partition coefficient (Wildman–Crippen LogP) is 2.26. The van der Waals surface area contributed by atoms with E-state index in [0.29, 0.717) is 5.41 Å². The van der Waals surface area contributed by atoms with Crippen molar-refractivity contribution in [3.63, 3.8) is 0 Å². The first-order valence-corrected chi connectivity index (χ1v) is 7.80. The number of carbonyl (C=O) groups excluding carboxylic acids is 1. The first-order valence-electron chi connectivity index (χ1n) is 7.80. The van der Waals surface area contributed by atoms with E-state index in [0.717, 1.165) is 43.7 Å². The van der Waals surface area contributed by atoms with Crippen LogP contribution >= 0.6 is 0 Å². The monoisotopic (exact) mass is 288 g/mol. The maximum absolute atomic E-state index is 12.5. The van der Waals surface area contributed by atoms with Crippen molar-refractivity contribution in [2.45, 2.75) is 32.2 Å². The van der Waals surface area contributed by atoms with Gasteiger partial charge in [-0.3, -0.25) is 4.79 Å². The summed E-state index contributed by atoms with van der Waals surface area (Å²) in [6.45, 7) is 4.13. The van der Waals surface area contributed by atoms with Crippen molar-refractivity contribution in [1.82, 2.24) is 10.6 Å². The Morgan fingerprint density at radius 3 is 2.90 bits per heavy atom. The molecule has 1 spiro atoms. The van der Waals surface area contributed by atoms with Gasteiger partial charge in [0.05, 0.1) is 13.2 Å². The number of methoxy groups -OCH3 is 1. The molecule has 1 aromatic rings. The first-order chi connectivity index (χ1) is 10.1. The van der Waals surface area contributed by atoms with Crippen molar-refractivity contribution < 1.29 is 9.53 Å². The predicted molar refractivity (Wildman–Crippen MR) is 82.2 cm³/mol. The molecule has 1 heterocycles. The molecule has 4 heteroatoms. The second-order valence-electron chi connectivity index (χ2n) is 6.38. The van der Waals surface area contributed by atoms with Crippen molar-refractivity contribution in [3.05, 3.63) is 29.8 Å². The Bertz CT molecular complexity index is 523. The molecule has 3 rings (SSSR count). The third-order valence-corrected chi connectivity index (χ3v) is 5.06. The molecule has 0 bridgehead atoms. The van der Waals surface area contributed by atoms with Crippen LogP contribution in [0.1, 0.15) is 37.8 Å². The zero-order valence-corrected chi connectivity index (χ0v) is 12.8. The molecule has 1 aromatic carbocycles. The average molecular weight is 288 g/mol. The van der Waals surface area contributed by atoms with Gasteiger partial charge in [0.1, 0.15) is 5.75 Å². The molecule has 2 fully saturated rings. The zero-order valence-electron chi connectivity index (χ0n) is 12.8. The number of hydrogen-bond acceptors (Lipinski definition) is 3. The molecule has 1 aliphatic carbocycles. The maximum Gasteiger partial charge on any atom is 0.224 e. The Hall–Kier alpha value is -1.55. The maximum atomic E-state index is 12.5. The van der Waals surface area contributed by atoms with Gasteiger partial charge in [-0.15, -0.1) is 0 Å². The summed E-state index contributed by atoms with van der Waals surface area (Å²) in [5.74, 6) is 1.26.